The first kappa shape index (κ1) is 14.7. The van der Waals surface area contributed by atoms with Gasteiger partial charge in [-0.15, -0.1) is 0 Å². The zero-order valence-corrected chi connectivity index (χ0v) is 11.8. The largest absolute Gasteiger partial charge is 0.385 e. The number of ether oxygens (including phenoxy) is 1. The molecule has 0 amide bonds. The number of hydrogen-bond donors (Lipinski definition) is 1. The van der Waals surface area contributed by atoms with Crippen LogP contribution in [0, 0.1) is 5.92 Å². The van der Waals surface area contributed by atoms with Gasteiger partial charge in [-0.2, -0.15) is 0 Å². The number of hydrogen-bond acceptors (Lipinski definition) is 2. The van der Waals surface area contributed by atoms with Crippen LogP contribution in [0.2, 0.25) is 0 Å². The van der Waals surface area contributed by atoms with E-state index in [1.54, 1.807) is 12.7 Å². The molecule has 0 fully saturated rings. The average Bonchev–Trinajstić information content (AvgIpc) is 2.36. The van der Waals surface area contributed by atoms with Crippen LogP contribution in [-0.4, -0.2) is 26.3 Å². The Balaban J connectivity index is 2.43. The molecule has 1 aliphatic carbocycles. The van der Waals surface area contributed by atoms with Crippen molar-refractivity contribution in [2.75, 3.05) is 20.3 Å². The van der Waals surface area contributed by atoms with Crippen molar-refractivity contribution in [2.45, 2.75) is 58.4 Å². The molecule has 2 heteroatoms. The molecular formula is C15H29NO. The van der Waals surface area contributed by atoms with Gasteiger partial charge >= 0.3 is 0 Å². The van der Waals surface area contributed by atoms with Crippen LogP contribution in [0.4, 0.5) is 0 Å². The first-order valence-corrected chi connectivity index (χ1v) is 7.18. The van der Waals surface area contributed by atoms with Gasteiger partial charge < -0.3 is 10.1 Å². The first-order chi connectivity index (χ1) is 8.27. The number of nitrogens with one attached hydrogen (secondary N) is 1. The summed E-state index contributed by atoms with van der Waals surface area (Å²) in [6.45, 7) is 6.48. The molecule has 0 aliphatic heterocycles. The fourth-order valence-electron chi connectivity index (χ4n) is 2.61. The molecule has 0 bridgehead atoms. The maximum atomic E-state index is 5.19. The standard InChI is InChI=1S/C15H29NO/c1-4-16-15(13(2)10-11-17-3)12-14-8-6-5-7-9-14/h8,13,15-16H,4-7,9-12H2,1-3H3. The Kier molecular flexibility index (Phi) is 7.54. The van der Waals surface area contributed by atoms with E-state index in [4.69, 9.17) is 4.74 Å². The van der Waals surface area contributed by atoms with Gasteiger partial charge in [0, 0.05) is 19.8 Å². The van der Waals surface area contributed by atoms with Crippen molar-refractivity contribution in [3.8, 4) is 0 Å². The summed E-state index contributed by atoms with van der Waals surface area (Å²) in [6, 6.07) is 0.625. The van der Waals surface area contributed by atoms with E-state index in [0.29, 0.717) is 12.0 Å². The van der Waals surface area contributed by atoms with E-state index >= 15 is 0 Å². The van der Waals surface area contributed by atoms with Gasteiger partial charge in [-0.05, 0) is 51.0 Å². The van der Waals surface area contributed by atoms with Gasteiger partial charge in [0.1, 0.15) is 0 Å². The lowest BCUT2D eigenvalue weighted by atomic mass is 9.88. The van der Waals surface area contributed by atoms with Gasteiger partial charge in [-0.1, -0.05) is 25.5 Å². The Hall–Kier alpha value is -0.340. The molecule has 0 saturated heterocycles. The van der Waals surface area contributed by atoms with Crippen LogP contribution in [0.15, 0.2) is 11.6 Å². The summed E-state index contributed by atoms with van der Waals surface area (Å²) in [5.41, 5.74) is 1.67. The Bertz CT molecular complexity index is 225. The summed E-state index contributed by atoms with van der Waals surface area (Å²) in [6.07, 6.45) is 10.2. The molecule has 2 nitrogen and oxygen atoms in total. The van der Waals surface area contributed by atoms with E-state index < -0.39 is 0 Å². The maximum absolute atomic E-state index is 5.19. The Labute approximate surface area is 107 Å². The SMILES string of the molecule is CCNC(CC1=CCCCC1)C(C)CCOC. The zero-order valence-electron chi connectivity index (χ0n) is 11.8. The molecule has 0 heterocycles. The fourth-order valence-corrected chi connectivity index (χ4v) is 2.61. The van der Waals surface area contributed by atoms with Crippen LogP contribution >= 0.6 is 0 Å². The number of allylic oxidation sites excluding steroid dienone is 1. The molecule has 0 spiro atoms. The summed E-state index contributed by atoms with van der Waals surface area (Å²) in [5.74, 6) is 0.692. The normalized spacial score (nSPS) is 19.8. The molecule has 0 saturated carbocycles. The van der Waals surface area contributed by atoms with Crippen molar-refractivity contribution in [3.63, 3.8) is 0 Å². The van der Waals surface area contributed by atoms with E-state index in [1.165, 1.54) is 32.1 Å². The average molecular weight is 239 g/mol. The highest BCUT2D eigenvalue weighted by Crippen LogP contribution is 2.24. The molecule has 1 aliphatic rings. The summed E-state index contributed by atoms with van der Waals surface area (Å²) < 4.78 is 5.19. The van der Waals surface area contributed by atoms with Crippen LogP contribution in [0.3, 0.4) is 0 Å². The molecule has 1 rings (SSSR count). The summed E-state index contributed by atoms with van der Waals surface area (Å²) in [4.78, 5) is 0. The molecule has 2 atom stereocenters. The van der Waals surface area contributed by atoms with Gasteiger partial charge in [0.25, 0.3) is 0 Å². The molecule has 0 aromatic heterocycles. The molecular weight excluding hydrogens is 210 g/mol. The second-order valence-electron chi connectivity index (χ2n) is 5.24. The van der Waals surface area contributed by atoms with Crippen LogP contribution in [-0.2, 0) is 4.74 Å². The highest BCUT2D eigenvalue weighted by atomic mass is 16.5. The second kappa shape index (κ2) is 8.71. The molecule has 100 valence electrons. The topological polar surface area (TPSA) is 21.3 Å². The quantitative estimate of drug-likeness (QED) is 0.654. The molecule has 2 unspecified atom stereocenters. The third kappa shape index (κ3) is 5.69. The van der Waals surface area contributed by atoms with E-state index in [0.717, 1.165) is 19.6 Å². The molecule has 17 heavy (non-hydrogen) atoms. The molecule has 0 aromatic rings. The van der Waals surface area contributed by atoms with Crippen LogP contribution in [0.1, 0.15) is 52.4 Å². The minimum Gasteiger partial charge on any atom is -0.385 e. The Morgan fingerprint density at radius 1 is 1.41 bits per heavy atom. The third-order valence-electron chi connectivity index (χ3n) is 3.80. The van der Waals surface area contributed by atoms with Gasteiger partial charge in [-0.3, -0.25) is 0 Å². The first-order valence-electron chi connectivity index (χ1n) is 7.18. The minimum absolute atomic E-state index is 0.625. The second-order valence-corrected chi connectivity index (χ2v) is 5.24. The zero-order chi connectivity index (χ0) is 12.5. The molecule has 0 radical (unpaired) electrons. The van der Waals surface area contributed by atoms with Crippen molar-refractivity contribution in [1.29, 1.82) is 0 Å². The summed E-state index contributed by atoms with van der Waals surface area (Å²) in [7, 11) is 1.79. The van der Waals surface area contributed by atoms with E-state index in [1.807, 2.05) is 0 Å². The van der Waals surface area contributed by atoms with Crippen LogP contribution in [0.25, 0.3) is 0 Å². The van der Waals surface area contributed by atoms with E-state index in [9.17, 15) is 0 Å². The number of methoxy groups -OCH3 is 1. The van der Waals surface area contributed by atoms with Gasteiger partial charge in [0.05, 0.1) is 0 Å². The lowest BCUT2D eigenvalue weighted by molar-refractivity contribution is 0.170. The van der Waals surface area contributed by atoms with Crippen molar-refractivity contribution in [2.24, 2.45) is 5.92 Å². The predicted molar refractivity (Wildman–Crippen MR) is 74.3 cm³/mol. The highest BCUT2D eigenvalue weighted by Gasteiger charge is 2.18. The van der Waals surface area contributed by atoms with Crippen molar-refractivity contribution < 1.29 is 4.74 Å². The lowest BCUT2D eigenvalue weighted by Crippen LogP contribution is -2.36. The van der Waals surface area contributed by atoms with Gasteiger partial charge in [0.2, 0.25) is 0 Å². The smallest absolute Gasteiger partial charge is 0.0465 e. The van der Waals surface area contributed by atoms with E-state index in [-0.39, 0.29) is 0 Å². The van der Waals surface area contributed by atoms with Crippen molar-refractivity contribution in [3.05, 3.63) is 11.6 Å². The molecule has 0 aromatic carbocycles. The monoisotopic (exact) mass is 239 g/mol. The molecule has 1 N–H and O–H groups in total. The van der Waals surface area contributed by atoms with Crippen LogP contribution in [0.5, 0.6) is 0 Å². The highest BCUT2D eigenvalue weighted by molar-refractivity contribution is 5.07. The predicted octanol–water partition coefficient (Wildman–Crippen LogP) is 3.53. The third-order valence-corrected chi connectivity index (χ3v) is 3.80. The number of rotatable bonds is 8. The van der Waals surface area contributed by atoms with Crippen LogP contribution < -0.4 is 5.32 Å². The van der Waals surface area contributed by atoms with Crippen molar-refractivity contribution in [1.82, 2.24) is 5.32 Å². The fraction of sp³-hybridized carbons (Fsp3) is 0.867. The van der Waals surface area contributed by atoms with Gasteiger partial charge in [0.15, 0.2) is 0 Å². The lowest BCUT2D eigenvalue weighted by Gasteiger charge is -2.27. The summed E-state index contributed by atoms with van der Waals surface area (Å²) in [5, 5.41) is 3.64. The Morgan fingerprint density at radius 3 is 2.82 bits per heavy atom. The van der Waals surface area contributed by atoms with Gasteiger partial charge in [-0.25, -0.2) is 0 Å². The maximum Gasteiger partial charge on any atom is 0.0465 e. The Morgan fingerprint density at radius 2 is 2.24 bits per heavy atom. The van der Waals surface area contributed by atoms with Crippen molar-refractivity contribution >= 4 is 0 Å². The minimum atomic E-state index is 0.625. The summed E-state index contributed by atoms with van der Waals surface area (Å²) >= 11 is 0. The van der Waals surface area contributed by atoms with E-state index in [2.05, 4.69) is 25.2 Å².